The maximum atomic E-state index is 13.0. The number of hydrogen-bond acceptors (Lipinski definition) is 10. The number of carbonyl (C=O) groups excluding carboxylic acids is 1. The lowest BCUT2D eigenvalue weighted by Crippen LogP contribution is -2.34. The normalized spacial score (nSPS) is 32.8. The van der Waals surface area contributed by atoms with E-state index in [1.807, 2.05) is 0 Å². The van der Waals surface area contributed by atoms with Crippen molar-refractivity contribution < 1.29 is 37.9 Å². The van der Waals surface area contributed by atoms with Crippen LogP contribution in [-0.4, -0.2) is 57.2 Å². The zero-order valence-electron chi connectivity index (χ0n) is 16.6. The Morgan fingerprint density at radius 3 is 2.78 bits per heavy atom. The highest BCUT2D eigenvalue weighted by molar-refractivity contribution is 7.48. The van der Waals surface area contributed by atoms with Crippen LogP contribution >= 0.6 is 19.4 Å². The molecule has 2 unspecified atom stereocenters. The van der Waals surface area contributed by atoms with E-state index in [-0.39, 0.29) is 18.1 Å². The summed E-state index contributed by atoms with van der Waals surface area (Å²) in [6.07, 6.45) is -4.17. The molecule has 0 saturated carbocycles. The van der Waals surface area contributed by atoms with Crippen LogP contribution in [-0.2, 0) is 22.9 Å². The highest BCUT2D eigenvalue weighted by Gasteiger charge is 2.46. The summed E-state index contributed by atoms with van der Waals surface area (Å²) < 4.78 is 35.9. The standard InChI is InChI=1S/C18H22ClN4O8P/c19-10-4-2-1-3-9(10)11-5-6-28-32(27,31-11)29-7-12-14(24)15(25)18(30-12)23-8-22-13(16(23)20)17(21)26/h1-4,8,11-12,14-15,18,24-25H,5-7,20H2,(H2,21,26)/t11?,12-,14-,15-,18-,32?/m1/s1. The van der Waals surface area contributed by atoms with Crippen LogP contribution < -0.4 is 11.5 Å². The first-order valence-electron chi connectivity index (χ1n) is 9.66. The number of aliphatic hydroxyl groups is 2. The lowest BCUT2D eigenvalue weighted by Gasteiger charge is -2.30. The lowest BCUT2D eigenvalue weighted by atomic mass is 10.1. The summed E-state index contributed by atoms with van der Waals surface area (Å²) in [4.78, 5) is 15.1. The molecule has 4 rings (SSSR count). The largest absolute Gasteiger partial charge is 0.475 e. The summed E-state index contributed by atoms with van der Waals surface area (Å²) >= 11 is 6.20. The van der Waals surface area contributed by atoms with Gasteiger partial charge in [-0.15, -0.1) is 0 Å². The molecule has 2 saturated heterocycles. The monoisotopic (exact) mass is 488 g/mol. The molecule has 2 fully saturated rings. The minimum absolute atomic E-state index is 0.105. The number of nitrogen functional groups attached to an aromatic ring is 1. The molecule has 32 heavy (non-hydrogen) atoms. The van der Waals surface area contributed by atoms with E-state index >= 15 is 0 Å². The van der Waals surface area contributed by atoms with E-state index in [1.54, 1.807) is 24.3 Å². The number of aliphatic hydroxyl groups excluding tert-OH is 2. The van der Waals surface area contributed by atoms with Crippen molar-refractivity contribution in [3.05, 3.63) is 46.9 Å². The van der Waals surface area contributed by atoms with Crippen molar-refractivity contribution in [1.82, 2.24) is 9.55 Å². The van der Waals surface area contributed by atoms with Gasteiger partial charge in [0.15, 0.2) is 11.9 Å². The van der Waals surface area contributed by atoms with Crippen molar-refractivity contribution in [3.8, 4) is 0 Å². The molecule has 12 nitrogen and oxygen atoms in total. The van der Waals surface area contributed by atoms with Crippen LogP contribution in [0.3, 0.4) is 0 Å². The molecule has 14 heteroatoms. The molecule has 174 valence electrons. The zero-order chi connectivity index (χ0) is 23.0. The Morgan fingerprint density at radius 2 is 2.09 bits per heavy atom. The van der Waals surface area contributed by atoms with Crippen LogP contribution in [0.4, 0.5) is 5.82 Å². The van der Waals surface area contributed by atoms with Crippen LogP contribution in [0.15, 0.2) is 30.6 Å². The van der Waals surface area contributed by atoms with Gasteiger partial charge in [-0.25, -0.2) is 9.55 Å². The Kier molecular flexibility index (Phi) is 6.57. The summed E-state index contributed by atoms with van der Waals surface area (Å²) in [5.41, 5.74) is 11.5. The Hall–Kier alpha value is -2.02. The number of hydrogen-bond donors (Lipinski definition) is 4. The second kappa shape index (κ2) is 9.08. The average molecular weight is 489 g/mol. The zero-order valence-corrected chi connectivity index (χ0v) is 18.3. The number of rotatable bonds is 6. The van der Waals surface area contributed by atoms with Gasteiger partial charge in [-0.2, -0.15) is 0 Å². The molecule has 6 N–H and O–H groups in total. The molecular formula is C18H22ClN4O8P. The molecule has 2 aliphatic rings. The van der Waals surface area contributed by atoms with Crippen molar-refractivity contribution in [1.29, 1.82) is 0 Å². The molecule has 0 bridgehead atoms. The lowest BCUT2D eigenvalue weighted by molar-refractivity contribution is -0.0584. The summed E-state index contributed by atoms with van der Waals surface area (Å²) in [5.74, 6) is -0.989. The van der Waals surface area contributed by atoms with Crippen LogP contribution in [0, 0.1) is 0 Å². The smallest absolute Gasteiger partial charge is 0.387 e. The second-order valence-electron chi connectivity index (χ2n) is 7.28. The Labute approximate surface area is 187 Å². The van der Waals surface area contributed by atoms with Crippen LogP contribution in [0.25, 0.3) is 0 Å². The van der Waals surface area contributed by atoms with Crippen LogP contribution in [0.1, 0.15) is 34.8 Å². The fourth-order valence-electron chi connectivity index (χ4n) is 3.55. The topological polar surface area (TPSA) is 181 Å². The van der Waals surface area contributed by atoms with Crippen molar-refractivity contribution in [2.24, 2.45) is 5.73 Å². The summed E-state index contributed by atoms with van der Waals surface area (Å²) in [7, 11) is -4.00. The summed E-state index contributed by atoms with van der Waals surface area (Å²) in [6, 6.07) is 6.99. The minimum atomic E-state index is -4.00. The number of anilines is 1. The number of nitrogens with zero attached hydrogens (tertiary/aromatic N) is 2. The third-order valence-corrected chi connectivity index (χ3v) is 7.03. The van der Waals surface area contributed by atoms with E-state index in [4.69, 9.17) is 41.4 Å². The number of nitrogens with two attached hydrogens (primary N) is 2. The molecule has 6 atom stereocenters. The van der Waals surface area contributed by atoms with Crippen LogP contribution in [0.5, 0.6) is 0 Å². The van der Waals surface area contributed by atoms with Crippen LogP contribution in [0.2, 0.25) is 5.02 Å². The van der Waals surface area contributed by atoms with E-state index in [0.717, 1.165) is 10.9 Å². The number of benzene rings is 1. The molecule has 1 aromatic carbocycles. The third-order valence-electron chi connectivity index (χ3n) is 5.21. The molecule has 2 aromatic rings. The number of carbonyl (C=O) groups is 1. The maximum absolute atomic E-state index is 13.0. The first-order chi connectivity index (χ1) is 15.2. The first-order valence-corrected chi connectivity index (χ1v) is 11.5. The predicted molar refractivity (Wildman–Crippen MR) is 110 cm³/mol. The number of phosphoric ester groups is 1. The van der Waals surface area contributed by atoms with E-state index < -0.39 is 51.0 Å². The Balaban J connectivity index is 1.43. The van der Waals surface area contributed by atoms with Crippen molar-refractivity contribution in [2.75, 3.05) is 18.9 Å². The summed E-state index contributed by atoms with van der Waals surface area (Å²) in [5, 5.41) is 21.2. The van der Waals surface area contributed by atoms with E-state index in [1.165, 1.54) is 0 Å². The molecular weight excluding hydrogens is 467 g/mol. The van der Waals surface area contributed by atoms with Gasteiger partial charge >= 0.3 is 7.82 Å². The number of halogens is 1. The number of ether oxygens (including phenoxy) is 1. The predicted octanol–water partition coefficient (Wildman–Crippen LogP) is 1.14. The maximum Gasteiger partial charge on any atom is 0.475 e. The first kappa shape index (κ1) is 23.1. The molecule has 1 aromatic heterocycles. The van der Waals surface area contributed by atoms with E-state index in [0.29, 0.717) is 17.0 Å². The van der Waals surface area contributed by atoms with Gasteiger partial charge in [0.1, 0.15) is 24.1 Å². The van der Waals surface area contributed by atoms with Crippen molar-refractivity contribution >= 4 is 31.1 Å². The van der Waals surface area contributed by atoms with Gasteiger partial charge in [0, 0.05) is 17.0 Å². The molecule has 1 amide bonds. The van der Waals surface area contributed by atoms with Gasteiger partial charge in [-0.3, -0.25) is 22.9 Å². The highest BCUT2D eigenvalue weighted by Crippen LogP contribution is 2.57. The number of phosphoric acid groups is 1. The van der Waals surface area contributed by atoms with Gasteiger partial charge in [-0.1, -0.05) is 29.8 Å². The minimum Gasteiger partial charge on any atom is -0.387 e. The Morgan fingerprint density at radius 1 is 1.34 bits per heavy atom. The van der Waals surface area contributed by atoms with Gasteiger partial charge in [-0.05, 0) is 6.07 Å². The third kappa shape index (κ3) is 4.41. The second-order valence-corrected chi connectivity index (χ2v) is 9.31. The molecule has 0 radical (unpaired) electrons. The number of amides is 1. The average Bonchev–Trinajstić information content (AvgIpc) is 3.27. The molecule has 0 spiro atoms. The fourth-order valence-corrected chi connectivity index (χ4v) is 5.19. The van der Waals surface area contributed by atoms with Gasteiger partial charge in [0.25, 0.3) is 5.91 Å². The van der Waals surface area contributed by atoms with E-state index in [2.05, 4.69) is 4.98 Å². The summed E-state index contributed by atoms with van der Waals surface area (Å²) in [6.45, 7) is -0.313. The molecule has 2 aliphatic heterocycles. The number of aromatic nitrogens is 2. The quantitative estimate of drug-likeness (QED) is 0.430. The van der Waals surface area contributed by atoms with E-state index in [9.17, 15) is 19.6 Å². The number of imidazole rings is 1. The number of primary amides is 1. The van der Waals surface area contributed by atoms with Gasteiger partial charge < -0.3 is 26.4 Å². The highest BCUT2D eigenvalue weighted by atomic mass is 35.5. The SMILES string of the molecule is NC(=O)c1ncn([C@@H]2O[C@H](COP3(=O)OCCC(c4ccccc4Cl)O3)[C@@H](O)[C@H]2O)c1N. The van der Waals surface area contributed by atoms with Gasteiger partial charge in [0.2, 0.25) is 0 Å². The van der Waals surface area contributed by atoms with Crippen molar-refractivity contribution in [3.63, 3.8) is 0 Å². The Bertz CT molecular complexity index is 1050. The van der Waals surface area contributed by atoms with Gasteiger partial charge in [0.05, 0.1) is 25.6 Å². The fraction of sp³-hybridized carbons (Fsp3) is 0.444. The van der Waals surface area contributed by atoms with Crippen molar-refractivity contribution in [2.45, 2.75) is 37.1 Å². The molecule has 0 aliphatic carbocycles. The molecule has 3 heterocycles.